The Morgan fingerprint density at radius 1 is 1.80 bits per heavy atom. The summed E-state index contributed by atoms with van der Waals surface area (Å²) in [6.45, 7) is 4.04. The number of carbonyl (C=O) groups excluding carboxylic acids is 1. The highest BCUT2D eigenvalue weighted by Gasteiger charge is 2.00. The standard InChI is InChI=1S/C7H13NO2/c1-3-7(10)8(2)5-4-6-9/h3,9H,1,4-6H2,2H3. The molecule has 0 heterocycles. The second kappa shape index (κ2) is 4.99. The van der Waals surface area contributed by atoms with Crippen LogP contribution < -0.4 is 0 Å². The number of hydrogen-bond donors (Lipinski definition) is 1. The first-order valence-electron chi connectivity index (χ1n) is 3.20. The van der Waals surface area contributed by atoms with E-state index in [0.717, 1.165) is 0 Å². The number of amides is 1. The van der Waals surface area contributed by atoms with Gasteiger partial charge in [0.2, 0.25) is 5.91 Å². The minimum absolute atomic E-state index is 0.103. The fourth-order valence-electron chi connectivity index (χ4n) is 0.574. The summed E-state index contributed by atoms with van der Waals surface area (Å²) >= 11 is 0. The molecular weight excluding hydrogens is 130 g/mol. The Labute approximate surface area is 61.0 Å². The van der Waals surface area contributed by atoms with Gasteiger partial charge in [0.25, 0.3) is 0 Å². The SMILES string of the molecule is C=CC(=O)N(C)CCCO. The molecule has 0 aliphatic rings. The summed E-state index contributed by atoms with van der Waals surface area (Å²) in [5.41, 5.74) is 0. The van der Waals surface area contributed by atoms with Crippen molar-refractivity contribution < 1.29 is 9.90 Å². The van der Waals surface area contributed by atoms with E-state index in [0.29, 0.717) is 13.0 Å². The van der Waals surface area contributed by atoms with Crippen LogP contribution in [0.2, 0.25) is 0 Å². The maximum Gasteiger partial charge on any atom is 0.245 e. The second-order valence-electron chi connectivity index (χ2n) is 2.04. The van der Waals surface area contributed by atoms with Gasteiger partial charge in [-0.25, -0.2) is 0 Å². The van der Waals surface area contributed by atoms with Crippen molar-refractivity contribution in [1.29, 1.82) is 0 Å². The first-order valence-corrected chi connectivity index (χ1v) is 3.20. The topological polar surface area (TPSA) is 40.5 Å². The Balaban J connectivity index is 3.51. The predicted octanol–water partition coefficient (Wildman–Crippen LogP) is 0.0132. The molecular formula is C7H13NO2. The molecule has 0 saturated heterocycles. The molecule has 0 radical (unpaired) electrons. The van der Waals surface area contributed by atoms with Crippen LogP contribution in [0.1, 0.15) is 6.42 Å². The molecule has 0 aromatic rings. The maximum atomic E-state index is 10.7. The third-order valence-corrected chi connectivity index (χ3v) is 1.20. The zero-order valence-corrected chi connectivity index (χ0v) is 6.21. The molecule has 0 aliphatic carbocycles. The molecule has 1 N–H and O–H groups in total. The van der Waals surface area contributed by atoms with Crippen molar-refractivity contribution in [3.05, 3.63) is 12.7 Å². The Kier molecular flexibility index (Phi) is 4.58. The lowest BCUT2D eigenvalue weighted by Crippen LogP contribution is -2.26. The summed E-state index contributed by atoms with van der Waals surface area (Å²) in [7, 11) is 1.68. The number of hydrogen-bond acceptors (Lipinski definition) is 2. The van der Waals surface area contributed by atoms with Crippen molar-refractivity contribution in [2.45, 2.75) is 6.42 Å². The molecule has 3 nitrogen and oxygen atoms in total. The first kappa shape index (κ1) is 9.17. The number of aliphatic hydroxyl groups excluding tert-OH is 1. The lowest BCUT2D eigenvalue weighted by Gasteiger charge is -2.12. The number of rotatable bonds is 4. The molecule has 0 saturated carbocycles. The quantitative estimate of drug-likeness (QED) is 0.563. The molecule has 0 atom stereocenters. The lowest BCUT2D eigenvalue weighted by atomic mass is 10.4. The van der Waals surface area contributed by atoms with Gasteiger partial charge in [-0.3, -0.25) is 4.79 Å². The van der Waals surface area contributed by atoms with E-state index in [9.17, 15) is 4.79 Å². The Bertz CT molecular complexity index is 123. The third kappa shape index (κ3) is 3.25. The van der Waals surface area contributed by atoms with E-state index < -0.39 is 0 Å². The number of likely N-dealkylation sites (N-methyl/N-ethyl adjacent to an activating group) is 1. The summed E-state index contributed by atoms with van der Waals surface area (Å²) in [6, 6.07) is 0. The number of carbonyl (C=O) groups is 1. The van der Waals surface area contributed by atoms with E-state index in [2.05, 4.69) is 6.58 Å². The minimum Gasteiger partial charge on any atom is -0.396 e. The number of nitrogens with zero attached hydrogens (tertiary/aromatic N) is 1. The predicted molar refractivity (Wildman–Crippen MR) is 39.5 cm³/mol. The van der Waals surface area contributed by atoms with Crippen LogP contribution >= 0.6 is 0 Å². The van der Waals surface area contributed by atoms with Crippen LogP contribution in [0.15, 0.2) is 12.7 Å². The van der Waals surface area contributed by atoms with Crippen LogP contribution in [0.4, 0.5) is 0 Å². The molecule has 0 unspecified atom stereocenters. The zero-order chi connectivity index (χ0) is 7.98. The van der Waals surface area contributed by atoms with Gasteiger partial charge in [0.05, 0.1) is 0 Å². The molecule has 1 amide bonds. The Morgan fingerprint density at radius 3 is 2.80 bits per heavy atom. The van der Waals surface area contributed by atoms with Gasteiger partial charge in [0.1, 0.15) is 0 Å². The van der Waals surface area contributed by atoms with Gasteiger partial charge in [-0.1, -0.05) is 6.58 Å². The molecule has 0 aliphatic heterocycles. The van der Waals surface area contributed by atoms with E-state index in [-0.39, 0.29) is 12.5 Å². The highest BCUT2D eigenvalue weighted by molar-refractivity contribution is 5.86. The normalized spacial score (nSPS) is 9.00. The van der Waals surface area contributed by atoms with Gasteiger partial charge in [0, 0.05) is 20.2 Å². The van der Waals surface area contributed by atoms with Crippen molar-refractivity contribution in [3.63, 3.8) is 0 Å². The van der Waals surface area contributed by atoms with Crippen LogP contribution in [-0.2, 0) is 4.79 Å². The minimum atomic E-state index is -0.103. The average Bonchev–Trinajstić information content (AvgIpc) is 1.98. The van der Waals surface area contributed by atoms with Crippen molar-refractivity contribution in [1.82, 2.24) is 4.90 Å². The molecule has 0 aromatic heterocycles. The highest BCUT2D eigenvalue weighted by atomic mass is 16.3. The largest absolute Gasteiger partial charge is 0.396 e. The van der Waals surface area contributed by atoms with Crippen LogP contribution in [0.25, 0.3) is 0 Å². The summed E-state index contributed by atoms with van der Waals surface area (Å²) in [4.78, 5) is 12.3. The molecule has 0 aromatic carbocycles. The summed E-state index contributed by atoms with van der Waals surface area (Å²) in [5.74, 6) is -0.103. The first-order chi connectivity index (χ1) is 4.72. The Hall–Kier alpha value is -0.830. The summed E-state index contributed by atoms with van der Waals surface area (Å²) < 4.78 is 0. The smallest absolute Gasteiger partial charge is 0.245 e. The molecule has 0 rings (SSSR count). The molecule has 58 valence electrons. The van der Waals surface area contributed by atoms with Crippen molar-refractivity contribution >= 4 is 5.91 Å². The monoisotopic (exact) mass is 143 g/mol. The van der Waals surface area contributed by atoms with E-state index >= 15 is 0 Å². The van der Waals surface area contributed by atoms with E-state index in [1.807, 2.05) is 0 Å². The second-order valence-corrected chi connectivity index (χ2v) is 2.04. The van der Waals surface area contributed by atoms with Gasteiger partial charge in [-0.05, 0) is 12.5 Å². The highest BCUT2D eigenvalue weighted by Crippen LogP contribution is 1.87. The van der Waals surface area contributed by atoms with Crippen LogP contribution in [0, 0.1) is 0 Å². The Morgan fingerprint density at radius 2 is 2.40 bits per heavy atom. The number of aliphatic hydroxyl groups is 1. The average molecular weight is 143 g/mol. The zero-order valence-electron chi connectivity index (χ0n) is 6.21. The third-order valence-electron chi connectivity index (χ3n) is 1.20. The van der Waals surface area contributed by atoms with E-state index in [1.54, 1.807) is 7.05 Å². The molecule has 0 fully saturated rings. The van der Waals surface area contributed by atoms with Crippen molar-refractivity contribution in [2.24, 2.45) is 0 Å². The molecule has 3 heteroatoms. The van der Waals surface area contributed by atoms with Gasteiger partial charge in [-0.15, -0.1) is 0 Å². The van der Waals surface area contributed by atoms with Crippen LogP contribution in [0.5, 0.6) is 0 Å². The van der Waals surface area contributed by atoms with Crippen molar-refractivity contribution in [3.8, 4) is 0 Å². The lowest BCUT2D eigenvalue weighted by molar-refractivity contribution is -0.124. The summed E-state index contributed by atoms with van der Waals surface area (Å²) in [6.07, 6.45) is 1.88. The summed E-state index contributed by atoms with van der Waals surface area (Å²) in [5, 5.41) is 8.41. The van der Waals surface area contributed by atoms with Crippen LogP contribution in [0.3, 0.4) is 0 Å². The molecule has 0 bridgehead atoms. The fourth-order valence-corrected chi connectivity index (χ4v) is 0.574. The maximum absolute atomic E-state index is 10.7. The fraction of sp³-hybridized carbons (Fsp3) is 0.571. The molecule has 0 spiro atoms. The van der Waals surface area contributed by atoms with E-state index in [1.165, 1.54) is 11.0 Å². The van der Waals surface area contributed by atoms with Gasteiger partial charge >= 0.3 is 0 Å². The van der Waals surface area contributed by atoms with Crippen LogP contribution in [-0.4, -0.2) is 36.1 Å². The molecule has 10 heavy (non-hydrogen) atoms. The van der Waals surface area contributed by atoms with Crippen molar-refractivity contribution in [2.75, 3.05) is 20.2 Å². The van der Waals surface area contributed by atoms with Gasteiger partial charge in [0.15, 0.2) is 0 Å². The van der Waals surface area contributed by atoms with E-state index in [4.69, 9.17) is 5.11 Å². The van der Waals surface area contributed by atoms with Gasteiger partial charge in [-0.2, -0.15) is 0 Å². The van der Waals surface area contributed by atoms with Gasteiger partial charge < -0.3 is 10.0 Å².